The molecule has 5 heteroatoms. The molecule has 0 aromatic heterocycles. The lowest BCUT2D eigenvalue weighted by atomic mass is 10.1. The van der Waals surface area contributed by atoms with Crippen molar-refractivity contribution in [2.75, 3.05) is 31.6 Å². The highest BCUT2D eigenvalue weighted by Gasteiger charge is 2.28. The number of anilines is 1. The highest BCUT2D eigenvalue weighted by Crippen LogP contribution is 2.17. The Morgan fingerprint density at radius 2 is 2.25 bits per heavy atom. The highest BCUT2D eigenvalue weighted by atomic mass is 16.5. The van der Waals surface area contributed by atoms with Crippen LogP contribution in [0.3, 0.4) is 0 Å². The molecule has 1 aromatic rings. The van der Waals surface area contributed by atoms with Crippen LogP contribution in [0.1, 0.15) is 19.4 Å². The van der Waals surface area contributed by atoms with Gasteiger partial charge in [-0.15, -0.1) is 0 Å². The second-order valence-corrected chi connectivity index (χ2v) is 5.52. The molecular weight excluding hydrogens is 254 g/mol. The number of nitrogens with zero attached hydrogens (tertiary/aromatic N) is 2. The normalized spacial score (nSPS) is 18.2. The minimum atomic E-state index is -0.219. The van der Waals surface area contributed by atoms with Gasteiger partial charge in [0.15, 0.2) is 0 Å². The average Bonchev–Trinajstić information content (AvgIpc) is 2.38. The summed E-state index contributed by atoms with van der Waals surface area (Å²) >= 11 is 0. The molecule has 1 aliphatic heterocycles. The first-order chi connectivity index (χ1) is 9.50. The summed E-state index contributed by atoms with van der Waals surface area (Å²) in [5, 5.41) is 11.8. The molecule has 1 aromatic carbocycles. The van der Waals surface area contributed by atoms with Gasteiger partial charge < -0.3 is 10.1 Å². The molecule has 1 aliphatic rings. The number of hydrogen-bond acceptors (Lipinski definition) is 4. The quantitative estimate of drug-likeness (QED) is 0.908. The number of ether oxygens (including phenoxy) is 1. The van der Waals surface area contributed by atoms with E-state index in [1.165, 1.54) is 0 Å². The van der Waals surface area contributed by atoms with Gasteiger partial charge in [-0.05, 0) is 26.0 Å². The summed E-state index contributed by atoms with van der Waals surface area (Å²) in [5.41, 5.74) is 0.819. The molecule has 0 bridgehead atoms. The van der Waals surface area contributed by atoms with Gasteiger partial charge in [-0.2, -0.15) is 5.26 Å². The lowest BCUT2D eigenvalue weighted by Gasteiger charge is -2.37. The molecule has 1 fully saturated rings. The Labute approximate surface area is 119 Å². The van der Waals surface area contributed by atoms with Gasteiger partial charge in [0.1, 0.15) is 6.07 Å². The lowest BCUT2D eigenvalue weighted by Crippen LogP contribution is -2.50. The molecule has 1 saturated heterocycles. The van der Waals surface area contributed by atoms with Gasteiger partial charge in [0.05, 0.1) is 30.0 Å². The third kappa shape index (κ3) is 3.80. The number of hydrogen-bond donors (Lipinski definition) is 1. The Bertz CT molecular complexity index is 534. The summed E-state index contributed by atoms with van der Waals surface area (Å²) in [5.74, 6) is -0.106. The van der Waals surface area contributed by atoms with E-state index in [-0.39, 0.29) is 11.5 Å². The molecule has 0 saturated carbocycles. The maximum absolute atomic E-state index is 12.1. The second-order valence-electron chi connectivity index (χ2n) is 5.52. The van der Waals surface area contributed by atoms with E-state index in [0.29, 0.717) is 24.4 Å². The summed E-state index contributed by atoms with van der Waals surface area (Å²) in [7, 11) is 0. The molecule has 0 radical (unpaired) electrons. The number of morpholine rings is 1. The fourth-order valence-electron chi connectivity index (χ4n) is 2.33. The van der Waals surface area contributed by atoms with Crippen LogP contribution in [0.15, 0.2) is 24.3 Å². The van der Waals surface area contributed by atoms with E-state index < -0.39 is 0 Å². The smallest absolute Gasteiger partial charge is 0.238 e. The van der Waals surface area contributed by atoms with E-state index in [1.807, 2.05) is 13.8 Å². The van der Waals surface area contributed by atoms with Crippen molar-refractivity contribution >= 4 is 11.6 Å². The van der Waals surface area contributed by atoms with Crippen LogP contribution in [-0.2, 0) is 9.53 Å². The Hall–Kier alpha value is -1.90. The molecule has 1 heterocycles. The van der Waals surface area contributed by atoms with Gasteiger partial charge >= 0.3 is 0 Å². The predicted molar refractivity (Wildman–Crippen MR) is 76.3 cm³/mol. The van der Waals surface area contributed by atoms with Crippen LogP contribution in [0.25, 0.3) is 0 Å². The fraction of sp³-hybridized carbons (Fsp3) is 0.467. The largest absolute Gasteiger partial charge is 0.373 e. The number of para-hydroxylation sites is 1. The Morgan fingerprint density at radius 3 is 2.95 bits per heavy atom. The maximum atomic E-state index is 12.1. The Kier molecular flexibility index (Phi) is 4.38. The molecule has 5 nitrogen and oxygen atoms in total. The monoisotopic (exact) mass is 273 g/mol. The van der Waals surface area contributed by atoms with Crippen molar-refractivity contribution in [3.05, 3.63) is 29.8 Å². The summed E-state index contributed by atoms with van der Waals surface area (Å²) < 4.78 is 5.62. The Morgan fingerprint density at radius 1 is 1.50 bits per heavy atom. The van der Waals surface area contributed by atoms with Crippen molar-refractivity contribution in [1.82, 2.24) is 4.90 Å². The number of rotatable bonds is 3. The maximum Gasteiger partial charge on any atom is 0.238 e. The first-order valence-electron chi connectivity index (χ1n) is 6.65. The third-order valence-corrected chi connectivity index (χ3v) is 3.19. The van der Waals surface area contributed by atoms with Crippen molar-refractivity contribution in [2.24, 2.45) is 0 Å². The van der Waals surface area contributed by atoms with E-state index in [2.05, 4.69) is 16.3 Å². The minimum Gasteiger partial charge on any atom is -0.373 e. The van der Waals surface area contributed by atoms with Crippen molar-refractivity contribution in [3.63, 3.8) is 0 Å². The summed E-state index contributed by atoms with van der Waals surface area (Å²) in [6.45, 7) is 6.45. The zero-order valence-corrected chi connectivity index (χ0v) is 11.8. The molecule has 0 atom stereocenters. The standard InChI is InChI=1S/C15H19N3O2/c1-15(2)11-18(7-8-20-15)10-14(19)17-13-6-4-3-5-12(13)9-16/h3-6H,7-8,10-11H2,1-2H3,(H,17,19). The first kappa shape index (κ1) is 14.5. The molecule has 0 spiro atoms. The zero-order valence-electron chi connectivity index (χ0n) is 11.8. The van der Waals surface area contributed by atoms with Crippen molar-refractivity contribution in [3.8, 4) is 6.07 Å². The topological polar surface area (TPSA) is 65.4 Å². The third-order valence-electron chi connectivity index (χ3n) is 3.19. The number of nitrogens with one attached hydrogen (secondary N) is 1. The summed E-state index contributed by atoms with van der Waals surface area (Å²) in [6, 6.07) is 9.07. The molecule has 106 valence electrons. The predicted octanol–water partition coefficient (Wildman–Crippen LogP) is 1.61. The van der Waals surface area contributed by atoms with Gasteiger partial charge in [0.25, 0.3) is 0 Å². The molecule has 1 N–H and O–H groups in total. The number of carbonyl (C=O) groups excluding carboxylic acids is 1. The molecule has 2 rings (SSSR count). The van der Waals surface area contributed by atoms with Crippen molar-refractivity contribution < 1.29 is 9.53 Å². The van der Waals surface area contributed by atoms with Gasteiger partial charge in [0, 0.05) is 13.1 Å². The molecule has 0 unspecified atom stereocenters. The molecule has 0 aliphatic carbocycles. The van der Waals surface area contributed by atoms with Crippen LogP contribution in [-0.4, -0.2) is 42.6 Å². The first-order valence-corrected chi connectivity index (χ1v) is 6.65. The van der Waals surface area contributed by atoms with E-state index >= 15 is 0 Å². The average molecular weight is 273 g/mol. The van der Waals surface area contributed by atoms with Gasteiger partial charge in [-0.3, -0.25) is 9.69 Å². The number of carbonyl (C=O) groups is 1. The van der Waals surface area contributed by atoms with Gasteiger partial charge in [0.2, 0.25) is 5.91 Å². The van der Waals surface area contributed by atoms with E-state index in [0.717, 1.165) is 13.1 Å². The lowest BCUT2D eigenvalue weighted by molar-refractivity contribution is -0.122. The fourth-order valence-corrected chi connectivity index (χ4v) is 2.33. The summed E-state index contributed by atoms with van der Waals surface area (Å²) in [4.78, 5) is 14.1. The van der Waals surface area contributed by atoms with Crippen molar-refractivity contribution in [2.45, 2.75) is 19.4 Å². The van der Waals surface area contributed by atoms with E-state index in [9.17, 15) is 4.79 Å². The minimum absolute atomic E-state index is 0.106. The van der Waals surface area contributed by atoms with Crippen LogP contribution < -0.4 is 5.32 Å². The van der Waals surface area contributed by atoms with Crippen molar-refractivity contribution in [1.29, 1.82) is 5.26 Å². The van der Waals surface area contributed by atoms with Crippen LogP contribution in [0, 0.1) is 11.3 Å². The van der Waals surface area contributed by atoms with Crippen LogP contribution >= 0.6 is 0 Å². The van der Waals surface area contributed by atoms with E-state index in [1.54, 1.807) is 24.3 Å². The van der Waals surface area contributed by atoms with Gasteiger partial charge in [-0.1, -0.05) is 12.1 Å². The number of benzene rings is 1. The van der Waals surface area contributed by atoms with Crippen LogP contribution in [0.4, 0.5) is 5.69 Å². The highest BCUT2D eigenvalue weighted by molar-refractivity contribution is 5.93. The van der Waals surface area contributed by atoms with Crippen LogP contribution in [0.2, 0.25) is 0 Å². The van der Waals surface area contributed by atoms with Gasteiger partial charge in [-0.25, -0.2) is 0 Å². The number of amides is 1. The summed E-state index contributed by atoms with van der Waals surface area (Å²) in [6.07, 6.45) is 0. The zero-order chi connectivity index (χ0) is 14.6. The second kappa shape index (κ2) is 6.04. The molecular formula is C15H19N3O2. The van der Waals surface area contributed by atoms with E-state index in [4.69, 9.17) is 10.00 Å². The molecule has 1 amide bonds. The number of nitriles is 1. The SMILES string of the molecule is CC1(C)CN(CC(=O)Nc2ccccc2C#N)CCO1. The van der Waals surface area contributed by atoms with Crippen LogP contribution in [0.5, 0.6) is 0 Å². The Balaban J connectivity index is 1.94. The molecule has 20 heavy (non-hydrogen) atoms.